The fourth-order valence-electron chi connectivity index (χ4n) is 2.36. The van der Waals surface area contributed by atoms with Gasteiger partial charge in [-0.1, -0.05) is 18.2 Å². The highest BCUT2D eigenvalue weighted by molar-refractivity contribution is 7.85. The number of aryl methyl sites for hydroxylation is 2. The van der Waals surface area contributed by atoms with E-state index in [1.807, 2.05) is 13.8 Å². The molecule has 7 nitrogen and oxygen atoms in total. The molecule has 1 aliphatic heterocycles. The Kier molecular flexibility index (Phi) is 5.22. The number of benzene rings is 1. The van der Waals surface area contributed by atoms with Crippen molar-refractivity contribution < 1.29 is 17.9 Å². The molecule has 0 amide bonds. The second-order valence-electron chi connectivity index (χ2n) is 5.80. The van der Waals surface area contributed by atoms with Gasteiger partial charge in [0.1, 0.15) is 10.1 Å². The van der Waals surface area contributed by atoms with Crippen LogP contribution in [-0.4, -0.2) is 43.2 Å². The molecule has 0 spiro atoms. The quantitative estimate of drug-likeness (QED) is 0.759. The maximum atomic E-state index is 10.3. The van der Waals surface area contributed by atoms with Crippen molar-refractivity contribution in [1.29, 1.82) is 0 Å². The van der Waals surface area contributed by atoms with E-state index < -0.39 is 10.1 Å². The maximum absolute atomic E-state index is 10.3. The van der Waals surface area contributed by atoms with Crippen LogP contribution in [0.25, 0.3) is 0 Å². The molecule has 2 aromatic rings. The number of hydrogen-bond donors (Lipinski definition) is 1. The van der Waals surface area contributed by atoms with Gasteiger partial charge >= 0.3 is 0 Å². The van der Waals surface area contributed by atoms with Gasteiger partial charge in [-0.15, -0.1) is 0 Å². The number of rotatable bonds is 1. The molecule has 2 unspecified atom stereocenters. The van der Waals surface area contributed by atoms with E-state index >= 15 is 0 Å². The van der Waals surface area contributed by atoms with Gasteiger partial charge < -0.3 is 9.45 Å². The predicted molar refractivity (Wildman–Crippen MR) is 90.3 cm³/mol. The molecule has 0 saturated heterocycles. The third kappa shape index (κ3) is 3.72. The van der Waals surface area contributed by atoms with Gasteiger partial charge in [-0.2, -0.15) is 4.98 Å². The van der Waals surface area contributed by atoms with Gasteiger partial charge in [-0.05, 0) is 26.0 Å². The van der Waals surface area contributed by atoms with Crippen LogP contribution in [0.3, 0.4) is 0 Å². The molecule has 1 aliphatic rings. The molecule has 0 saturated carbocycles. The largest absolute Gasteiger partial charge is 0.744 e. The highest BCUT2D eigenvalue weighted by atomic mass is 32.2. The summed E-state index contributed by atoms with van der Waals surface area (Å²) in [6.45, 7) is 6.21. The van der Waals surface area contributed by atoms with Crippen molar-refractivity contribution in [2.75, 3.05) is 19.0 Å². The third-order valence-electron chi connectivity index (χ3n) is 4.24. The van der Waals surface area contributed by atoms with Gasteiger partial charge in [0.2, 0.25) is 5.82 Å². The van der Waals surface area contributed by atoms with Crippen molar-refractivity contribution in [2.45, 2.75) is 31.8 Å². The van der Waals surface area contributed by atoms with Crippen LogP contribution in [0.15, 0.2) is 35.2 Å². The lowest BCUT2D eigenvalue weighted by molar-refractivity contribution is -0.831. The second-order valence-corrected chi connectivity index (χ2v) is 7.18. The predicted octanol–water partition coefficient (Wildman–Crippen LogP) is 0.626. The van der Waals surface area contributed by atoms with Crippen LogP contribution >= 0.6 is 0 Å². The van der Waals surface area contributed by atoms with Crippen LogP contribution in [0.1, 0.15) is 18.3 Å². The molecule has 0 radical (unpaired) electrons. The third-order valence-corrected chi connectivity index (χ3v) is 5.09. The highest BCUT2D eigenvalue weighted by Gasteiger charge is 2.36. The van der Waals surface area contributed by atoms with Crippen LogP contribution in [0, 0.1) is 13.8 Å². The summed E-state index contributed by atoms with van der Waals surface area (Å²) < 4.78 is 30.8. The zero-order chi connectivity index (χ0) is 18.1. The Morgan fingerprint density at radius 1 is 1.12 bits per heavy atom. The normalized spacial score (nSPS) is 19.5. The van der Waals surface area contributed by atoms with Crippen molar-refractivity contribution in [1.82, 2.24) is 9.97 Å². The zero-order valence-electron chi connectivity index (χ0n) is 14.4. The fourth-order valence-corrected chi connectivity index (χ4v) is 2.85. The molecule has 0 aliphatic carbocycles. The van der Waals surface area contributed by atoms with E-state index in [4.69, 9.17) is 0 Å². The molecule has 3 rings (SSSR count). The van der Waals surface area contributed by atoms with E-state index in [1.54, 1.807) is 6.07 Å². The molecule has 2 atom stereocenters. The smallest absolute Gasteiger partial charge is 0.271 e. The molecule has 1 N–H and O–H groups in total. The molecule has 0 fully saturated rings. The topological polar surface area (TPSA) is 90.7 Å². The number of quaternary nitrogens is 1. The number of anilines is 1. The summed E-state index contributed by atoms with van der Waals surface area (Å²) in [5, 5.41) is 0. The van der Waals surface area contributed by atoms with Gasteiger partial charge in [0, 0.05) is 14.0 Å². The lowest BCUT2D eigenvalue weighted by atomic mass is 10.3. The minimum absolute atomic E-state index is 0.185. The van der Waals surface area contributed by atoms with Crippen molar-refractivity contribution in [3.63, 3.8) is 0 Å². The van der Waals surface area contributed by atoms with Crippen LogP contribution in [0.4, 0.5) is 11.6 Å². The Labute approximate surface area is 142 Å². The Morgan fingerprint density at radius 2 is 1.67 bits per heavy atom. The summed E-state index contributed by atoms with van der Waals surface area (Å²) in [7, 11) is -0.0446. The summed E-state index contributed by atoms with van der Waals surface area (Å²) in [6, 6.07) is 7.19. The molecule has 1 aromatic heterocycles. The molecule has 130 valence electrons. The fraction of sp³-hybridized carbons (Fsp3) is 0.375. The monoisotopic (exact) mass is 350 g/mol. The Hall–Kier alpha value is -2.03. The Balaban J connectivity index is 0.000000185. The summed E-state index contributed by atoms with van der Waals surface area (Å²) in [5.74, 6) is 2.10. The highest BCUT2D eigenvalue weighted by Crippen LogP contribution is 2.24. The molecule has 8 heteroatoms. The molecular weight excluding hydrogens is 328 g/mol. The van der Waals surface area contributed by atoms with Gasteiger partial charge in [0.05, 0.1) is 23.3 Å². The minimum atomic E-state index is -4.25. The number of nitrogens with zero attached hydrogens (tertiary/aromatic N) is 3. The Bertz CT molecular complexity index is 790. The van der Waals surface area contributed by atoms with Crippen LogP contribution in [-0.2, 0) is 10.1 Å². The van der Waals surface area contributed by atoms with E-state index in [0.29, 0.717) is 6.17 Å². The van der Waals surface area contributed by atoms with Crippen molar-refractivity contribution >= 4 is 21.8 Å². The van der Waals surface area contributed by atoms with Crippen LogP contribution in [0.5, 0.6) is 0 Å². The first-order valence-electron chi connectivity index (χ1n) is 7.55. The maximum Gasteiger partial charge on any atom is 0.271 e. The number of nitrogens with one attached hydrogen (secondary N) is 1. The SMILES string of the molecule is Cc1nc2c(nc1C)[NH+](C)C(C)N2C.O=S(=O)([O-])c1ccccc1. The standard InChI is InChI=1S/C10H16N4.C6H6O3S/c1-6-7(2)12-10-9(11-6)13(4)8(3)14(10)5;7-10(8,9)6-4-2-1-3-5-6/h8H,1-5H3;1-5H,(H,7,8,9). The van der Waals surface area contributed by atoms with Gasteiger partial charge in [-0.25, -0.2) is 13.4 Å². The second kappa shape index (κ2) is 6.84. The average Bonchev–Trinajstić information content (AvgIpc) is 2.74. The first-order valence-corrected chi connectivity index (χ1v) is 8.96. The van der Waals surface area contributed by atoms with E-state index in [1.165, 1.54) is 29.2 Å². The van der Waals surface area contributed by atoms with Crippen LogP contribution < -0.4 is 9.80 Å². The van der Waals surface area contributed by atoms with Gasteiger partial charge in [0.25, 0.3) is 5.82 Å². The summed E-state index contributed by atoms with van der Waals surface area (Å²) in [5.41, 5.74) is 2.06. The molecule has 24 heavy (non-hydrogen) atoms. The average molecular weight is 350 g/mol. The number of aromatic nitrogens is 2. The first-order chi connectivity index (χ1) is 11.1. The molecule has 0 bridgehead atoms. The summed E-state index contributed by atoms with van der Waals surface area (Å²) in [6.07, 6.45) is 0.422. The summed E-state index contributed by atoms with van der Waals surface area (Å²) in [4.78, 5) is 12.5. The van der Waals surface area contributed by atoms with Crippen molar-refractivity contribution in [3.8, 4) is 0 Å². The lowest BCUT2D eigenvalue weighted by Crippen LogP contribution is -3.08. The van der Waals surface area contributed by atoms with E-state index in [-0.39, 0.29) is 4.90 Å². The van der Waals surface area contributed by atoms with Crippen molar-refractivity contribution in [2.24, 2.45) is 0 Å². The lowest BCUT2D eigenvalue weighted by Gasteiger charge is -2.16. The van der Waals surface area contributed by atoms with E-state index in [9.17, 15) is 13.0 Å². The Morgan fingerprint density at radius 3 is 2.17 bits per heavy atom. The number of fused-ring (bicyclic) bond motifs is 1. The molecule has 2 heterocycles. The molecule has 1 aromatic carbocycles. The van der Waals surface area contributed by atoms with E-state index in [2.05, 4.69) is 35.9 Å². The van der Waals surface area contributed by atoms with E-state index in [0.717, 1.165) is 23.0 Å². The van der Waals surface area contributed by atoms with Gasteiger partial charge in [-0.3, -0.25) is 4.90 Å². The van der Waals surface area contributed by atoms with Crippen LogP contribution in [0.2, 0.25) is 0 Å². The zero-order valence-corrected chi connectivity index (χ0v) is 15.3. The first kappa shape index (κ1) is 18.3. The molecular formula is C16H22N4O3S. The minimum Gasteiger partial charge on any atom is -0.744 e. The van der Waals surface area contributed by atoms with Crippen molar-refractivity contribution in [3.05, 3.63) is 41.7 Å². The number of hydrogen-bond acceptors (Lipinski definition) is 6. The van der Waals surface area contributed by atoms with Gasteiger partial charge in [0.15, 0.2) is 6.17 Å². The summed E-state index contributed by atoms with van der Waals surface area (Å²) >= 11 is 0.